The van der Waals surface area contributed by atoms with E-state index in [0.717, 1.165) is 43.9 Å². The molecule has 1 atom stereocenters. The number of hydrogen-bond acceptors (Lipinski definition) is 3. The lowest BCUT2D eigenvalue weighted by Crippen LogP contribution is -2.31. The summed E-state index contributed by atoms with van der Waals surface area (Å²) in [4.78, 5) is 14.3. The number of fused-ring (bicyclic) bond motifs is 1. The van der Waals surface area contributed by atoms with E-state index < -0.39 is 0 Å². The first-order valence-corrected chi connectivity index (χ1v) is 7.11. The van der Waals surface area contributed by atoms with Crippen LogP contribution in [0.3, 0.4) is 0 Å². The molecular formula is C15H23N3O. The van der Waals surface area contributed by atoms with Gasteiger partial charge in [0.1, 0.15) is 6.04 Å². The molecule has 1 unspecified atom stereocenters. The van der Waals surface area contributed by atoms with Crippen molar-refractivity contribution in [1.29, 1.82) is 0 Å². The summed E-state index contributed by atoms with van der Waals surface area (Å²) in [5.74, 6) is 0.0593. The average Bonchev–Trinajstić information content (AvgIpc) is 2.75. The molecule has 0 aliphatic carbocycles. The quantitative estimate of drug-likeness (QED) is 0.738. The van der Waals surface area contributed by atoms with Gasteiger partial charge in [-0.25, -0.2) is 0 Å². The van der Waals surface area contributed by atoms with E-state index in [4.69, 9.17) is 0 Å². The van der Waals surface area contributed by atoms with E-state index in [1.54, 1.807) is 0 Å². The van der Waals surface area contributed by atoms with Crippen molar-refractivity contribution in [2.45, 2.75) is 26.3 Å². The summed E-state index contributed by atoms with van der Waals surface area (Å²) < 4.78 is 0. The molecule has 0 spiro atoms. The fourth-order valence-electron chi connectivity index (χ4n) is 2.50. The van der Waals surface area contributed by atoms with E-state index in [9.17, 15) is 4.79 Å². The minimum absolute atomic E-state index is 0.0593. The molecule has 1 aromatic carbocycles. The van der Waals surface area contributed by atoms with E-state index in [1.165, 1.54) is 0 Å². The van der Waals surface area contributed by atoms with Gasteiger partial charge in [0.2, 0.25) is 5.91 Å². The Morgan fingerprint density at radius 3 is 2.74 bits per heavy atom. The highest BCUT2D eigenvalue weighted by atomic mass is 16.2. The third-order valence-electron chi connectivity index (χ3n) is 3.69. The first kappa shape index (κ1) is 14.0. The Morgan fingerprint density at radius 2 is 2.00 bits per heavy atom. The van der Waals surface area contributed by atoms with Crippen LogP contribution in [0.25, 0.3) is 0 Å². The molecule has 1 heterocycles. The maximum Gasteiger partial charge on any atom is 0.246 e. The largest absolute Gasteiger partial charge is 0.324 e. The highest BCUT2D eigenvalue weighted by Gasteiger charge is 2.29. The summed E-state index contributed by atoms with van der Waals surface area (Å²) in [6, 6.07) is 7.69. The maximum absolute atomic E-state index is 11.9. The van der Waals surface area contributed by atoms with Gasteiger partial charge in [-0.2, -0.15) is 0 Å². The zero-order chi connectivity index (χ0) is 13.7. The summed E-state index contributed by atoms with van der Waals surface area (Å²) in [6.45, 7) is 8.47. The second kappa shape index (κ2) is 6.68. The fraction of sp³-hybridized carbons (Fsp3) is 0.533. The minimum Gasteiger partial charge on any atom is -0.324 e. The molecule has 0 bridgehead atoms. The third kappa shape index (κ3) is 3.33. The fourth-order valence-corrected chi connectivity index (χ4v) is 2.50. The number of amides is 1. The number of nitrogens with zero attached hydrogens (tertiary/aromatic N) is 1. The van der Waals surface area contributed by atoms with Crippen LogP contribution >= 0.6 is 0 Å². The second-order valence-electron chi connectivity index (χ2n) is 4.84. The standard InChI is InChI=1S/C15H23N3O/c1-3-18(4-2)11-7-10-16-14-12-8-5-6-9-13(12)17-15(14)19/h5-6,8-9,14,16H,3-4,7,10-11H2,1-2H3,(H,17,19). The van der Waals surface area contributed by atoms with Crippen molar-refractivity contribution in [1.82, 2.24) is 10.2 Å². The zero-order valence-electron chi connectivity index (χ0n) is 11.8. The van der Waals surface area contributed by atoms with Gasteiger partial charge in [-0.05, 0) is 38.7 Å². The van der Waals surface area contributed by atoms with Gasteiger partial charge >= 0.3 is 0 Å². The van der Waals surface area contributed by atoms with Crippen LogP contribution in [0.4, 0.5) is 5.69 Å². The van der Waals surface area contributed by atoms with Crippen LogP contribution in [0, 0.1) is 0 Å². The molecule has 0 saturated heterocycles. The molecule has 0 fully saturated rings. The molecule has 2 N–H and O–H groups in total. The Bertz CT molecular complexity index is 429. The van der Waals surface area contributed by atoms with Crippen LogP contribution in [-0.4, -0.2) is 37.0 Å². The Labute approximate surface area is 115 Å². The van der Waals surface area contributed by atoms with Crippen LogP contribution < -0.4 is 10.6 Å². The molecule has 104 valence electrons. The van der Waals surface area contributed by atoms with Gasteiger partial charge in [-0.15, -0.1) is 0 Å². The maximum atomic E-state index is 11.9. The van der Waals surface area contributed by atoms with Gasteiger partial charge in [-0.1, -0.05) is 32.0 Å². The van der Waals surface area contributed by atoms with Crippen LogP contribution in [0.15, 0.2) is 24.3 Å². The molecule has 19 heavy (non-hydrogen) atoms. The highest BCUT2D eigenvalue weighted by Crippen LogP contribution is 2.29. The number of nitrogens with one attached hydrogen (secondary N) is 2. The molecule has 4 heteroatoms. The molecule has 1 aliphatic heterocycles. The van der Waals surface area contributed by atoms with Gasteiger partial charge < -0.3 is 15.5 Å². The summed E-state index contributed by atoms with van der Waals surface area (Å²) >= 11 is 0. The van der Waals surface area contributed by atoms with E-state index in [2.05, 4.69) is 29.4 Å². The number of carbonyl (C=O) groups excluding carboxylic acids is 1. The molecule has 1 amide bonds. The Balaban J connectivity index is 1.82. The first-order valence-electron chi connectivity index (χ1n) is 7.11. The van der Waals surface area contributed by atoms with E-state index in [-0.39, 0.29) is 11.9 Å². The van der Waals surface area contributed by atoms with Crippen molar-refractivity contribution < 1.29 is 4.79 Å². The molecule has 1 aromatic rings. The Kier molecular flexibility index (Phi) is 4.93. The number of anilines is 1. The lowest BCUT2D eigenvalue weighted by molar-refractivity contribution is -0.117. The lowest BCUT2D eigenvalue weighted by Gasteiger charge is -2.18. The predicted octanol–water partition coefficient (Wildman–Crippen LogP) is 2.00. The molecule has 2 rings (SSSR count). The first-order chi connectivity index (χ1) is 9.26. The lowest BCUT2D eigenvalue weighted by atomic mass is 10.1. The summed E-state index contributed by atoms with van der Waals surface area (Å²) in [5.41, 5.74) is 2.00. The summed E-state index contributed by atoms with van der Waals surface area (Å²) in [5, 5.41) is 6.26. The average molecular weight is 261 g/mol. The number of benzene rings is 1. The van der Waals surface area contributed by atoms with E-state index in [0.29, 0.717) is 0 Å². The zero-order valence-corrected chi connectivity index (χ0v) is 11.8. The number of carbonyl (C=O) groups is 1. The molecule has 0 saturated carbocycles. The molecule has 4 nitrogen and oxygen atoms in total. The predicted molar refractivity (Wildman–Crippen MR) is 78.2 cm³/mol. The Morgan fingerprint density at radius 1 is 1.26 bits per heavy atom. The third-order valence-corrected chi connectivity index (χ3v) is 3.69. The SMILES string of the molecule is CCN(CC)CCCNC1C(=O)Nc2ccccc21. The van der Waals surface area contributed by atoms with Gasteiger partial charge in [0, 0.05) is 11.3 Å². The number of rotatable bonds is 7. The molecule has 0 aromatic heterocycles. The van der Waals surface area contributed by atoms with Gasteiger partial charge in [0.25, 0.3) is 0 Å². The van der Waals surface area contributed by atoms with Crippen molar-refractivity contribution in [2.24, 2.45) is 0 Å². The normalized spacial score (nSPS) is 17.6. The topological polar surface area (TPSA) is 44.4 Å². The number of hydrogen-bond donors (Lipinski definition) is 2. The van der Waals surface area contributed by atoms with Gasteiger partial charge in [0.05, 0.1) is 0 Å². The Hall–Kier alpha value is -1.39. The van der Waals surface area contributed by atoms with Crippen LogP contribution in [0.5, 0.6) is 0 Å². The summed E-state index contributed by atoms with van der Waals surface area (Å²) in [7, 11) is 0. The van der Waals surface area contributed by atoms with Crippen LogP contribution in [0.2, 0.25) is 0 Å². The molecule has 1 aliphatic rings. The highest BCUT2D eigenvalue weighted by molar-refractivity contribution is 6.02. The number of para-hydroxylation sites is 1. The minimum atomic E-state index is -0.187. The van der Waals surface area contributed by atoms with E-state index >= 15 is 0 Å². The van der Waals surface area contributed by atoms with Crippen molar-refractivity contribution in [3.05, 3.63) is 29.8 Å². The molecule has 0 radical (unpaired) electrons. The van der Waals surface area contributed by atoms with Crippen LogP contribution in [0.1, 0.15) is 31.9 Å². The van der Waals surface area contributed by atoms with Crippen molar-refractivity contribution in [3.63, 3.8) is 0 Å². The van der Waals surface area contributed by atoms with E-state index in [1.807, 2.05) is 24.3 Å². The molecular weight excluding hydrogens is 238 g/mol. The van der Waals surface area contributed by atoms with Gasteiger partial charge in [0.15, 0.2) is 0 Å². The second-order valence-corrected chi connectivity index (χ2v) is 4.84. The smallest absolute Gasteiger partial charge is 0.246 e. The van der Waals surface area contributed by atoms with Crippen LogP contribution in [-0.2, 0) is 4.79 Å². The van der Waals surface area contributed by atoms with Crippen molar-refractivity contribution in [3.8, 4) is 0 Å². The van der Waals surface area contributed by atoms with Crippen molar-refractivity contribution >= 4 is 11.6 Å². The van der Waals surface area contributed by atoms with Crippen molar-refractivity contribution in [2.75, 3.05) is 31.5 Å². The monoisotopic (exact) mass is 261 g/mol. The summed E-state index contributed by atoms with van der Waals surface area (Å²) in [6.07, 6.45) is 1.06. The van der Waals surface area contributed by atoms with Gasteiger partial charge in [-0.3, -0.25) is 4.79 Å².